The van der Waals surface area contributed by atoms with Crippen LogP contribution < -0.4 is 10.6 Å². The minimum atomic E-state index is -2.00. The van der Waals surface area contributed by atoms with Gasteiger partial charge in [0, 0.05) is 11.6 Å². The second kappa shape index (κ2) is 5.78. The molecule has 0 aliphatic heterocycles. The van der Waals surface area contributed by atoms with Crippen LogP contribution in [0.5, 0.6) is 0 Å². The van der Waals surface area contributed by atoms with E-state index in [1.807, 2.05) is 12.1 Å². The Morgan fingerprint density at radius 3 is 2.83 bits per heavy atom. The van der Waals surface area contributed by atoms with Gasteiger partial charge in [0.25, 0.3) is 0 Å². The summed E-state index contributed by atoms with van der Waals surface area (Å²) < 4.78 is 1.00. The minimum absolute atomic E-state index is 0.386. The molecule has 3 rings (SSSR count). The first-order chi connectivity index (χ1) is 10.8. The highest BCUT2D eigenvalue weighted by Gasteiger charge is 2.30. The summed E-state index contributed by atoms with van der Waals surface area (Å²) in [5.74, 6) is -0.804. The number of aromatic nitrogens is 1. The maximum Gasteiger partial charge on any atom is 0.337 e. The number of carbonyl (C=O) groups excluding carboxylic acids is 1. The lowest BCUT2D eigenvalue weighted by molar-refractivity contribution is -0.155. The molecule has 23 heavy (non-hydrogen) atoms. The Balaban J connectivity index is 1.64. The van der Waals surface area contributed by atoms with Gasteiger partial charge in [0.2, 0.25) is 0 Å². The summed E-state index contributed by atoms with van der Waals surface area (Å²) >= 11 is 1.63. The molecule has 0 spiro atoms. The molecule has 1 aliphatic rings. The van der Waals surface area contributed by atoms with Crippen molar-refractivity contribution in [3.63, 3.8) is 0 Å². The molecule has 1 aliphatic carbocycles. The third kappa shape index (κ3) is 3.59. The molecule has 8 heteroatoms. The molecule has 0 radical (unpaired) electrons. The van der Waals surface area contributed by atoms with E-state index in [0.29, 0.717) is 11.6 Å². The number of hydrogen-bond acceptors (Lipinski definition) is 5. The molecule has 1 atom stereocenters. The van der Waals surface area contributed by atoms with Crippen LogP contribution in [0.15, 0.2) is 18.2 Å². The van der Waals surface area contributed by atoms with Crippen molar-refractivity contribution < 1.29 is 19.8 Å². The van der Waals surface area contributed by atoms with E-state index in [2.05, 4.69) is 15.6 Å². The summed E-state index contributed by atoms with van der Waals surface area (Å²) in [6.07, 6.45) is 2.38. The first-order valence-electron chi connectivity index (χ1n) is 7.26. The van der Waals surface area contributed by atoms with E-state index in [1.54, 1.807) is 17.4 Å². The number of hydrogen-bond donors (Lipinski definition) is 4. The first-order valence-corrected chi connectivity index (χ1v) is 8.08. The van der Waals surface area contributed by atoms with Gasteiger partial charge >= 0.3 is 12.0 Å². The number of nitrogens with one attached hydrogen (secondary N) is 2. The van der Waals surface area contributed by atoms with Gasteiger partial charge in [-0.15, -0.1) is 11.3 Å². The second-order valence-corrected chi connectivity index (χ2v) is 6.96. The van der Waals surface area contributed by atoms with Gasteiger partial charge in [-0.2, -0.15) is 0 Å². The van der Waals surface area contributed by atoms with Crippen molar-refractivity contribution in [1.82, 2.24) is 10.3 Å². The number of thiazole rings is 1. The van der Waals surface area contributed by atoms with Crippen LogP contribution in [0.1, 0.15) is 30.7 Å². The molecule has 2 aromatic rings. The van der Waals surface area contributed by atoms with Gasteiger partial charge in [-0.1, -0.05) is 0 Å². The SMILES string of the molecule is CC(O)(CNC(=O)Nc1ccc2nc(C3CC3)sc2c1)C(=O)O. The number of benzene rings is 1. The Bertz CT molecular complexity index is 767. The Morgan fingerprint density at radius 2 is 2.17 bits per heavy atom. The number of aliphatic carboxylic acids is 1. The van der Waals surface area contributed by atoms with Crippen LogP contribution in [-0.2, 0) is 4.79 Å². The predicted octanol–water partition coefficient (Wildman–Crippen LogP) is 2.13. The summed E-state index contributed by atoms with van der Waals surface area (Å²) in [6.45, 7) is 0.737. The van der Waals surface area contributed by atoms with Gasteiger partial charge in [-0.25, -0.2) is 14.6 Å². The van der Waals surface area contributed by atoms with Crippen LogP contribution in [0, 0.1) is 0 Å². The van der Waals surface area contributed by atoms with Gasteiger partial charge in [-0.3, -0.25) is 0 Å². The van der Waals surface area contributed by atoms with E-state index in [-0.39, 0.29) is 6.54 Å². The molecule has 122 valence electrons. The standard InChI is InChI=1S/C15H17N3O4S/c1-15(22,13(19)20)7-16-14(21)17-9-4-5-10-11(6-9)23-12(18-10)8-2-3-8/h4-6,8,22H,2-3,7H2,1H3,(H,19,20)(H2,16,17,21). The average Bonchev–Trinajstić information content (AvgIpc) is 3.25. The number of amides is 2. The van der Waals surface area contributed by atoms with Crippen LogP contribution in [-0.4, -0.2) is 39.3 Å². The number of rotatable bonds is 5. The maximum atomic E-state index is 11.8. The lowest BCUT2D eigenvalue weighted by atomic mass is 10.1. The highest BCUT2D eigenvalue weighted by atomic mass is 32.1. The fraction of sp³-hybridized carbons (Fsp3) is 0.400. The average molecular weight is 335 g/mol. The molecule has 2 amide bonds. The molecule has 4 N–H and O–H groups in total. The maximum absolute atomic E-state index is 11.8. The number of carbonyl (C=O) groups is 2. The summed E-state index contributed by atoms with van der Waals surface area (Å²) in [7, 11) is 0. The monoisotopic (exact) mass is 335 g/mol. The van der Waals surface area contributed by atoms with Crippen LogP contribution in [0.25, 0.3) is 10.2 Å². The summed E-state index contributed by atoms with van der Waals surface area (Å²) in [5.41, 5.74) is -0.495. The van der Waals surface area contributed by atoms with Crippen molar-refractivity contribution in [3.05, 3.63) is 23.2 Å². The molecule has 1 saturated carbocycles. The summed E-state index contributed by atoms with van der Waals surface area (Å²) in [6, 6.07) is 4.86. The zero-order valence-corrected chi connectivity index (χ0v) is 13.3. The molecule has 1 heterocycles. The molecule has 1 unspecified atom stereocenters. The van der Waals surface area contributed by atoms with Crippen molar-refractivity contribution >= 4 is 39.2 Å². The van der Waals surface area contributed by atoms with Crippen molar-refractivity contribution in [2.75, 3.05) is 11.9 Å². The van der Waals surface area contributed by atoms with Gasteiger partial charge in [0.1, 0.15) is 0 Å². The Kier molecular flexibility index (Phi) is 3.95. The van der Waals surface area contributed by atoms with Crippen LogP contribution in [0.3, 0.4) is 0 Å². The van der Waals surface area contributed by atoms with E-state index in [9.17, 15) is 14.7 Å². The van der Waals surface area contributed by atoms with E-state index >= 15 is 0 Å². The topological polar surface area (TPSA) is 112 Å². The lowest BCUT2D eigenvalue weighted by Crippen LogP contribution is -2.47. The molecule has 1 aromatic carbocycles. The van der Waals surface area contributed by atoms with Gasteiger partial charge < -0.3 is 20.8 Å². The van der Waals surface area contributed by atoms with Crippen molar-refractivity contribution in [2.45, 2.75) is 31.3 Å². The number of carboxylic acids is 1. The number of urea groups is 1. The smallest absolute Gasteiger partial charge is 0.337 e. The van der Waals surface area contributed by atoms with Gasteiger partial charge in [0.15, 0.2) is 5.60 Å². The van der Waals surface area contributed by atoms with Crippen molar-refractivity contribution in [1.29, 1.82) is 0 Å². The zero-order valence-electron chi connectivity index (χ0n) is 12.5. The van der Waals surface area contributed by atoms with E-state index in [4.69, 9.17) is 5.11 Å². The van der Waals surface area contributed by atoms with Gasteiger partial charge in [-0.05, 0) is 38.0 Å². The summed E-state index contributed by atoms with van der Waals surface area (Å²) in [4.78, 5) is 27.2. The van der Waals surface area contributed by atoms with E-state index in [1.165, 1.54) is 12.8 Å². The highest BCUT2D eigenvalue weighted by molar-refractivity contribution is 7.18. The van der Waals surface area contributed by atoms with E-state index in [0.717, 1.165) is 22.1 Å². The third-order valence-corrected chi connectivity index (χ3v) is 4.82. The number of aliphatic hydroxyl groups is 1. The molecular formula is C15H17N3O4S. The van der Waals surface area contributed by atoms with Gasteiger partial charge in [0.05, 0.1) is 21.8 Å². The summed E-state index contributed by atoms with van der Waals surface area (Å²) in [5, 5.41) is 24.5. The van der Waals surface area contributed by atoms with Crippen LogP contribution in [0.4, 0.5) is 10.5 Å². The van der Waals surface area contributed by atoms with E-state index < -0.39 is 17.6 Å². The predicted molar refractivity (Wildman–Crippen MR) is 86.9 cm³/mol. The normalized spacial score (nSPS) is 16.8. The zero-order chi connectivity index (χ0) is 16.6. The Morgan fingerprint density at radius 1 is 1.43 bits per heavy atom. The van der Waals surface area contributed by atoms with Crippen LogP contribution >= 0.6 is 11.3 Å². The molecular weight excluding hydrogens is 318 g/mol. The minimum Gasteiger partial charge on any atom is -0.479 e. The molecule has 0 bridgehead atoms. The Hall–Kier alpha value is -2.19. The lowest BCUT2D eigenvalue weighted by Gasteiger charge is -2.18. The largest absolute Gasteiger partial charge is 0.479 e. The number of fused-ring (bicyclic) bond motifs is 1. The third-order valence-electron chi connectivity index (χ3n) is 3.64. The molecule has 0 saturated heterocycles. The quantitative estimate of drug-likeness (QED) is 0.669. The number of nitrogens with zero attached hydrogens (tertiary/aromatic N) is 1. The highest BCUT2D eigenvalue weighted by Crippen LogP contribution is 2.43. The fourth-order valence-corrected chi connectivity index (χ4v) is 3.20. The van der Waals surface area contributed by atoms with Crippen LogP contribution in [0.2, 0.25) is 0 Å². The molecule has 1 aromatic heterocycles. The molecule has 7 nitrogen and oxygen atoms in total. The number of anilines is 1. The first kappa shape index (κ1) is 15.7. The Labute approximate surface area is 136 Å². The van der Waals surface area contributed by atoms with Crippen molar-refractivity contribution in [2.24, 2.45) is 0 Å². The molecule has 1 fully saturated rings. The van der Waals surface area contributed by atoms with Crippen molar-refractivity contribution in [3.8, 4) is 0 Å². The number of carboxylic acid groups (broad SMARTS) is 1. The second-order valence-electron chi connectivity index (χ2n) is 5.90. The fourth-order valence-electron chi connectivity index (χ4n) is 2.03.